The zero-order valence-electron chi connectivity index (χ0n) is 12.0. The molecule has 0 aliphatic rings. The molecule has 0 atom stereocenters. The number of carbonyl (C=O) groups is 2. The Morgan fingerprint density at radius 2 is 1.79 bits per heavy atom. The molecule has 0 aliphatic heterocycles. The van der Waals surface area contributed by atoms with E-state index in [1.165, 1.54) is 0 Å². The van der Waals surface area contributed by atoms with Gasteiger partial charge in [0, 0.05) is 13.1 Å². The van der Waals surface area contributed by atoms with Crippen molar-refractivity contribution in [2.45, 2.75) is 39.5 Å². The van der Waals surface area contributed by atoms with Crippen molar-refractivity contribution in [3.8, 4) is 0 Å². The van der Waals surface area contributed by atoms with Crippen LogP contribution in [0.15, 0.2) is 0 Å². The lowest BCUT2D eigenvalue weighted by atomic mass is 9.78. The molecule has 0 bridgehead atoms. The van der Waals surface area contributed by atoms with Gasteiger partial charge < -0.3 is 21.5 Å². The molecular formula is C13H27N3O3. The number of nitrogens with two attached hydrogens (primary N) is 2. The van der Waals surface area contributed by atoms with Crippen LogP contribution in [0.5, 0.6) is 0 Å². The van der Waals surface area contributed by atoms with Crippen molar-refractivity contribution in [3.05, 3.63) is 0 Å². The zero-order valence-corrected chi connectivity index (χ0v) is 12.0. The monoisotopic (exact) mass is 273 g/mol. The van der Waals surface area contributed by atoms with E-state index < -0.39 is 11.3 Å². The van der Waals surface area contributed by atoms with E-state index in [1.54, 1.807) is 0 Å². The highest BCUT2D eigenvalue weighted by Gasteiger charge is 2.34. The lowest BCUT2D eigenvalue weighted by Gasteiger charge is -2.30. The van der Waals surface area contributed by atoms with E-state index in [-0.39, 0.29) is 19.1 Å². The SMILES string of the molecule is CCCC(CN)(CCC)C(=O)NCCOCC(N)=O. The largest absolute Gasteiger partial charge is 0.370 e. The predicted octanol–water partition coefficient (Wildman–Crippen LogP) is 0.150. The van der Waals surface area contributed by atoms with Gasteiger partial charge in [-0.3, -0.25) is 9.59 Å². The highest BCUT2D eigenvalue weighted by Crippen LogP contribution is 2.28. The Labute approximate surface area is 115 Å². The Balaban J connectivity index is 4.20. The van der Waals surface area contributed by atoms with Crippen LogP contribution in [0.25, 0.3) is 0 Å². The molecule has 0 aromatic carbocycles. The number of rotatable bonds is 11. The highest BCUT2D eigenvalue weighted by atomic mass is 16.5. The molecule has 0 heterocycles. The number of hydrogen-bond donors (Lipinski definition) is 3. The summed E-state index contributed by atoms with van der Waals surface area (Å²) in [5.41, 5.74) is 10.3. The van der Waals surface area contributed by atoms with E-state index in [2.05, 4.69) is 5.32 Å². The Bertz CT molecular complexity index is 276. The van der Waals surface area contributed by atoms with Crippen molar-refractivity contribution in [2.24, 2.45) is 16.9 Å². The summed E-state index contributed by atoms with van der Waals surface area (Å²) in [6, 6.07) is 0. The van der Waals surface area contributed by atoms with Crippen LogP contribution in [0.4, 0.5) is 0 Å². The summed E-state index contributed by atoms with van der Waals surface area (Å²) in [5.74, 6) is -0.541. The summed E-state index contributed by atoms with van der Waals surface area (Å²) in [5, 5.41) is 2.82. The Morgan fingerprint density at radius 1 is 1.21 bits per heavy atom. The van der Waals surface area contributed by atoms with Crippen LogP contribution in [-0.4, -0.2) is 38.1 Å². The van der Waals surface area contributed by atoms with Gasteiger partial charge in [-0.25, -0.2) is 0 Å². The van der Waals surface area contributed by atoms with Gasteiger partial charge in [-0.1, -0.05) is 26.7 Å². The van der Waals surface area contributed by atoms with Crippen molar-refractivity contribution in [1.29, 1.82) is 0 Å². The van der Waals surface area contributed by atoms with E-state index >= 15 is 0 Å². The third-order valence-corrected chi connectivity index (χ3v) is 3.11. The van der Waals surface area contributed by atoms with Crippen molar-refractivity contribution >= 4 is 11.8 Å². The molecule has 6 heteroatoms. The second-order valence-electron chi connectivity index (χ2n) is 4.76. The van der Waals surface area contributed by atoms with Gasteiger partial charge in [-0.2, -0.15) is 0 Å². The quantitative estimate of drug-likeness (QED) is 0.466. The maximum atomic E-state index is 12.2. The Hall–Kier alpha value is -1.14. The molecule has 0 rings (SSSR count). The minimum absolute atomic E-state index is 0.0265. The first-order valence-corrected chi connectivity index (χ1v) is 6.86. The third kappa shape index (κ3) is 6.54. The lowest BCUT2D eigenvalue weighted by molar-refractivity contribution is -0.131. The Kier molecular flexibility index (Phi) is 9.16. The molecule has 5 N–H and O–H groups in total. The van der Waals surface area contributed by atoms with Crippen molar-refractivity contribution < 1.29 is 14.3 Å². The maximum absolute atomic E-state index is 12.2. The van der Waals surface area contributed by atoms with Crippen LogP contribution < -0.4 is 16.8 Å². The van der Waals surface area contributed by atoms with E-state index in [0.29, 0.717) is 13.1 Å². The summed E-state index contributed by atoms with van der Waals surface area (Å²) in [6.45, 7) is 4.95. The minimum atomic E-state index is -0.514. The van der Waals surface area contributed by atoms with E-state index in [0.717, 1.165) is 25.7 Å². The molecule has 112 valence electrons. The predicted molar refractivity (Wildman–Crippen MR) is 74.3 cm³/mol. The summed E-state index contributed by atoms with van der Waals surface area (Å²) < 4.78 is 4.99. The van der Waals surface area contributed by atoms with Gasteiger partial charge >= 0.3 is 0 Å². The van der Waals surface area contributed by atoms with Crippen LogP contribution in [0.1, 0.15) is 39.5 Å². The molecular weight excluding hydrogens is 246 g/mol. The number of ether oxygens (including phenoxy) is 1. The summed E-state index contributed by atoms with van der Waals surface area (Å²) >= 11 is 0. The number of carbonyl (C=O) groups excluding carboxylic acids is 2. The molecule has 0 aliphatic carbocycles. The first-order valence-electron chi connectivity index (χ1n) is 6.86. The number of hydrogen-bond acceptors (Lipinski definition) is 4. The van der Waals surface area contributed by atoms with Gasteiger partial charge in [0.25, 0.3) is 0 Å². The van der Waals surface area contributed by atoms with Crippen LogP contribution in [0.3, 0.4) is 0 Å². The highest BCUT2D eigenvalue weighted by molar-refractivity contribution is 5.82. The van der Waals surface area contributed by atoms with E-state index in [9.17, 15) is 9.59 Å². The smallest absolute Gasteiger partial charge is 0.243 e. The molecule has 0 aromatic heterocycles. The van der Waals surface area contributed by atoms with Gasteiger partial charge in [0.15, 0.2) is 0 Å². The van der Waals surface area contributed by atoms with Crippen molar-refractivity contribution in [2.75, 3.05) is 26.3 Å². The van der Waals surface area contributed by atoms with Gasteiger partial charge in [0.2, 0.25) is 11.8 Å². The first-order chi connectivity index (χ1) is 9.02. The number of nitrogens with one attached hydrogen (secondary N) is 1. The number of primary amides is 1. The molecule has 6 nitrogen and oxygen atoms in total. The molecule has 0 radical (unpaired) electrons. The summed E-state index contributed by atoms with van der Waals surface area (Å²) in [7, 11) is 0. The normalized spacial score (nSPS) is 11.3. The summed E-state index contributed by atoms with van der Waals surface area (Å²) in [6.07, 6.45) is 3.40. The molecule has 0 aromatic rings. The fourth-order valence-corrected chi connectivity index (χ4v) is 2.20. The molecule has 19 heavy (non-hydrogen) atoms. The Morgan fingerprint density at radius 3 is 2.21 bits per heavy atom. The summed E-state index contributed by atoms with van der Waals surface area (Å²) in [4.78, 5) is 22.7. The topological polar surface area (TPSA) is 107 Å². The fraction of sp³-hybridized carbons (Fsp3) is 0.846. The molecule has 0 saturated carbocycles. The van der Waals surface area contributed by atoms with Crippen LogP contribution in [0, 0.1) is 5.41 Å². The van der Waals surface area contributed by atoms with Crippen molar-refractivity contribution in [1.82, 2.24) is 5.32 Å². The zero-order chi connectivity index (χ0) is 14.7. The van der Waals surface area contributed by atoms with Crippen molar-refractivity contribution in [3.63, 3.8) is 0 Å². The van der Waals surface area contributed by atoms with Crippen LogP contribution in [-0.2, 0) is 14.3 Å². The van der Waals surface area contributed by atoms with Gasteiger partial charge in [0.1, 0.15) is 6.61 Å². The average molecular weight is 273 g/mol. The molecule has 0 spiro atoms. The minimum Gasteiger partial charge on any atom is -0.370 e. The standard InChI is InChI=1S/C13H27N3O3/c1-3-5-13(10-14,6-4-2)12(18)16-7-8-19-9-11(15)17/h3-10,14H2,1-2H3,(H2,15,17)(H,16,18). The van der Waals surface area contributed by atoms with Crippen LogP contribution >= 0.6 is 0 Å². The van der Waals surface area contributed by atoms with E-state index in [4.69, 9.17) is 16.2 Å². The third-order valence-electron chi connectivity index (χ3n) is 3.11. The molecule has 0 saturated heterocycles. The average Bonchev–Trinajstić information content (AvgIpc) is 2.37. The van der Waals surface area contributed by atoms with Gasteiger partial charge in [-0.05, 0) is 12.8 Å². The lowest BCUT2D eigenvalue weighted by Crippen LogP contribution is -2.46. The second kappa shape index (κ2) is 9.75. The van der Waals surface area contributed by atoms with E-state index in [1.807, 2.05) is 13.8 Å². The van der Waals surface area contributed by atoms with Gasteiger partial charge in [-0.15, -0.1) is 0 Å². The molecule has 0 unspecified atom stereocenters. The first kappa shape index (κ1) is 17.9. The number of amides is 2. The van der Waals surface area contributed by atoms with Crippen LogP contribution in [0.2, 0.25) is 0 Å². The molecule has 2 amide bonds. The second-order valence-corrected chi connectivity index (χ2v) is 4.76. The maximum Gasteiger partial charge on any atom is 0.243 e. The molecule has 0 fully saturated rings. The van der Waals surface area contributed by atoms with Gasteiger partial charge in [0.05, 0.1) is 12.0 Å². The fourth-order valence-electron chi connectivity index (χ4n) is 2.20.